The standard InChI is InChI=1S/C23H25N3O/c1-3-26(17-19-10-5-4-6-11-19)23(27)21-13-14-22(25-16-21)24-15-20-12-8-7-9-18(20)2/h4-14,16H,3,15,17H2,1-2H3,(H,24,25). The molecule has 0 spiro atoms. The van der Waals surface area contributed by atoms with Crippen LogP contribution in [0.25, 0.3) is 0 Å². The fourth-order valence-corrected chi connectivity index (χ4v) is 2.93. The predicted octanol–water partition coefficient (Wildman–Crippen LogP) is 4.66. The van der Waals surface area contributed by atoms with Crippen molar-refractivity contribution in [2.75, 3.05) is 11.9 Å². The number of aryl methyl sites for hydroxylation is 1. The minimum Gasteiger partial charge on any atom is -0.366 e. The van der Waals surface area contributed by atoms with Crippen LogP contribution in [-0.4, -0.2) is 22.3 Å². The highest BCUT2D eigenvalue weighted by molar-refractivity contribution is 5.94. The number of rotatable bonds is 7. The van der Waals surface area contributed by atoms with Crippen molar-refractivity contribution in [1.82, 2.24) is 9.88 Å². The smallest absolute Gasteiger partial charge is 0.255 e. The van der Waals surface area contributed by atoms with E-state index in [1.54, 1.807) is 6.20 Å². The van der Waals surface area contributed by atoms with Crippen LogP contribution >= 0.6 is 0 Å². The molecule has 3 rings (SSSR count). The first-order chi connectivity index (χ1) is 13.2. The summed E-state index contributed by atoms with van der Waals surface area (Å²) in [6, 6.07) is 22.0. The van der Waals surface area contributed by atoms with E-state index < -0.39 is 0 Å². The lowest BCUT2D eigenvalue weighted by Gasteiger charge is -2.21. The van der Waals surface area contributed by atoms with Crippen molar-refractivity contribution in [3.63, 3.8) is 0 Å². The van der Waals surface area contributed by atoms with Gasteiger partial charge in [-0.25, -0.2) is 4.98 Å². The highest BCUT2D eigenvalue weighted by Crippen LogP contribution is 2.13. The molecule has 4 nitrogen and oxygen atoms in total. The third-order valence-electron chi connectivity index (χ3n) is 4.62. The van der Waals surface area contributed by atoms with Gasteiger partial charge in [-0.15, -0.1) is 0 Å². The van der Waals surface area contributed by atoms with Crippen molar-refractivity contribution >= 4 is 11.7 Å². The number of nitrogens with zero attached hydrogens (tertiary/aromatic N) is 2. The number of hydrogen-bond acceptors (Lipinski definition) is 3. The maximum atomic E-state index is 12.8. The van der Waals surface area contributed by atoms with E-state index in [2.05, 4.69) is 29.4 Å². The Morgan fingerprint density at radius 1 is 1.00 bits per heavy atom. The minimum absolute atomic E-state index is 0.000642. The van der Waals surface area contributed by atoms with Gasteiger partial charge in [-0.05, 0) is 42.7 Å². The van der Waals surface area contributed by atoms with E-state index in [9.17, 15) is 4.79 Å². The Kier molecular flexibility index (Phi) is 6.21. The molecule has 1 amide bonds. The van der Waals surface area contributed by atoms with Crippen molar-refractivity contribution in [3.8, 4) is 0 Å². The maximum absolute atomic E-state index is 12.8. The summed E-state index contributed by atoms with van der Waals surface area (Å²) in [5, 5.41) is 3.31. The molecule has 0 radical (unpaired) electrons. The molecule has 3 aromatic rings. The second-order valence-corrected chi connectivity index (χ2v) is 6.52. The van der Waals surface area contributed by atoms with Crippen LogP contribution in [0.1, 0.15) is 34.0 Å². The number of benzene rings is 2. The third-order valence-corrected chi connectivity index (χ3v) is 4.62. The van der Waals surface area contributed by atoms with Gasteiger partial charge >= 0.3 is 0 Å². The number of carbonyl (C=O) groups is 1. The Morgan fingerprint density at radius 2 is 1.74 bits per heavy atom. The fourth-order valence-electron chi connectivity index (χ4n) is 2.93. The van der Waals surface area contributed by atoms with Crippen LogP contribution in [0.15, 0.2) is 72.9 Å². The van der Waals surface area contributed by atoms with Gasteiger partial charge in [-0.2, -0.15) is 0 Å². The van der Waals surface area contributed by atoms with Crippen LogP contribution in [0.4, 0.5) is 5.82 Å². The van der Waals surface area contributed by atoms with Crippen molar-refractivity contribution in [2.24, 2.45) is 0 Å². The molecule has 2 aromatic carbocycles. The largest absolute Gasteiger partial charge is 0.366 e. The summed E-state index contributed by atoms with van der Waals surface area (Å²) in [5.74, 6) is 0.764. The molecule has 27 heavy (non-hydrogen) atoms. The van der Waals surface area contributed by atoms with Gasteiger partial charge in [0.25, 0.3) is 5.91 Å². The highest BCUT2D eigenvalue weighted by Gasteiger charge is 2.15. The summed E-state index contributed by atoms with van der Waals surface area (Å²) in [7, 11) is 0. The van der Waals surface area contributed by atoms with Gasteiger partial charge in [-0.3, -0.25) is 4.79 Å². The van der Waals surface area contributed by atoms with Gasteiger partial charge in [0.15, 0.2) is 0 Å². The minimum atomic E-state index is -0.000642. The van der Waals surface area contributed by atoms with Gasteiger partial charge in [-0.1, -0.05) is 54.6 Å². The first-order valence-electron chi connectivity index (χ1n) is 9.25. The molecular formula is C23H25N3O. The summed E-state index contributed by atoms with van der Waals surface area (Å²) in [6.07, 6.45) is 1.65. The first kappa shape index (κ1) is 18.6. The number of carbonyl (C=O) groups excluding carboxylic acids is 1. The second kappa shape index (κ2) is 8.99. The molecule has 0 saturated carbocycles. The SMILES string of the molecule is CCN(Cc1ccccc1)C(=O)c1ccc(NCc2ccccc2C)nc1. The highest BCUT2D eigenvalue weighted by atomic mass is 16.2. The van der Waals surface area contributed by atoms with Gasteiger partial charge in [0, 0.05) is 25.8 Å². The zero-order chi connectivity index (χ0) is 19.1. The summed E-state index contributed by atoms with van der Waals surface area (Å²) in [6.45, 7) is 6.05. The molecule has 0 atom stereocenters. The molecular weight excluding hydrogens is 334 g/mol. The lowest BCUT2D eigenvalue weighted by Crippen LogP contribution is -2.30. The zero-order valence-electron chi connectivity index (χ0n) is 15.9. The Labute approximate surface area is 160 Å². The molecule has 0 aliphatic rings. The molecule has 0 aliphatic carbocycles. The molecule has 0 saturated heterocycles. The van der Waals surface area contributed by atoms with Crippen molar-refractivity contribution < 1.29 is 4.79 Å². The number of aromatic nitrogens is 1. The number of hydrogen-bond donors (Lipinski definition) is 1. The molecule has 0 bridgehead atoms. The van der Waals surface area contributed by atoms with Gasteiger partial charge in [0.05, 0.1) is 5.56 Å². The Morgan fingerprint density at radius 3 is 2.41 bits per heavy atom. The normalized spacial score (nSPS) is 10.4. The molecule has 4 heteroatoms. The van der Waals surface area contributed by atoms with Gasteiger partial charge in [0.1, 0.15) is 5.82 Å². The van der Waals surface area contributed by atoms with E-state index >= 15 is 0 Å². The summed E-state index contributed by atoms with van der Waals surface area (Å²) in [5.41, 5.74) is 4.21. The second-order valence-electron chi connectivity index (χ2n) is 6.52. The third kappa shape index (κ3) is 4.94. The number of pyridine rings is 1. The van der Waals surface area contributed by atoms with E-state index in [4.69, 9.17) is 0 Å². The van der Waals surface area contributed by atoms with Crippen LogP contribution in [0.2, 0.25) is 0 Å². The van der Waals surface area contributed by atoms with Crippen LogP contribution in [0.3, 0.4) is 0 Å². The topological polar surface area (TPSA) is 45.2 Å². The summed E-state index contributed by atoms with van der Waals surface area (Å²) >= 11 is 0. The predicted molar refractivity (Wildman–Crippen MR) is 110 cm³/mol. The van der Waals surface area contributed by atoms with E-state index in [1.807, 2.05) is 66.4 Å². The van der Waals surface area contributed by atoms with Crippen LogP contribution in [0, 0.1) is 6.92 Å². The van der Waals surface area contributed by atoms with Crippen molar-refractivity contribution in [2.45, 2.75) is 26.9 Å². The zero-order valence-corrected chi connectivity index (χ0v) is 15.9. The molecule has 1 heterocycles. The van der Waals surface area contributed by atoms with E-state index in [1.165, 1.54) is 11.1 Å². The molecule has 1 aromatic heterocycles. The number of anilines is 1. The lowest BCUT2D eigenvalue weighted by atomic mass is 10.1. The monoisotopic (exact) mass is 359 g/mol. The van der Waals surface area contributed by atoms with E-state index in [-0.39, 0.29) is 5.91 Å². The summed E-state index contributed by atoms with van der Waals surface area (Å²) < 4.78 is 0. The van der Waals surface area contributed by atoms with E-state index in [0.29, 0.717) is 25.2 Å². The molecule has 0 fully saturated rings. The van der Waals surface area contributed by atoms with Crippen molar-refractivity contribution in [1.29, 1.82) is 0 Å². The summed E-state index contributed by atoms with van der Waals surface area (Å²) in [4.78, 5) is 19.0. The van der Waals surface area contributed by atoms with E-state index in [0.717, 1.165) is 11.4 Å². The van der Waals surface area contributed by atoms with Gasteiger partial charge in [0.2, 0.25) is 0 Å². The Hall–Kier alpha value is -3.14. The number of nitrogens with one attached hydrogen (secondary N) is 1. The molecule has 138 valence electrons. The molecule has 0 aliphatic heterocycles. The van der Waals surface area contributed by atoms with Crippen LogP contribution in [-0.2, 0) is 13.1 Å². The fraction of sp³-hybridized carbons (Fsp3) is 0.217. The average Bonchev–Trinajstić information content (AvgIpc) is 2.72. The Bertz CT molecular complexity index is 876. The van der Waals surface area contributed by atoms with Crippen LogP contribution in [0.5, 0.6) is 0 Å². The quantitative estimate of drug-likeness (QED) is 0.667. The molecule has 1 N–H and O–H groups in total. The Balaban J connectivity index is 1.63. The first-order valence-corrected chi connectivity index (χ1v) is 9.25. The van der Waals surface area contributed by atoms with Gasteiger partial charge < -0.3 is 10.2 Å². The van der Waals surface area contributed by atoms with Crippen LogP contribution < -0.4 is 5.32 Å². The molecule has 0 unspecified atom stereocenters. The lowest BCUT2D eigenvalue weighted by molar-refractivity contribution is 0.0752. The number of amides is 1. The van der Waals surface area contributed by atoms with Crippen molar-refractivity contribution in [3.05, 3.63) is 95.2 Å². The maximum Gasteiger partial charge on any atom is 0.255 e. The average molecular weight is 359 g/mol.